The largest absolute Gasteiger partial charge is 0.508 e. The Balaban J connectivity index is 2.07. The van der Waals surface area contributed by atoms with Crippen LogP contribution in [-0.4, -0.2) is 22.3 Å². The van der Waals surface area contributed by atoms with Gasteiger partial charge in [-0.3, -0.25) is 4.79 Å². The van der Waals surface area contributed by atoms with Crippen LogP contribution >= 0.6 is 15.9 Å². The van der Waals surface area contributed by atoms with Gasteiger partial charge in [-0.2, -0.15) is 5.10 Å². The van der Waals surface area contributed by atoms with Crippen LogP contribution in [0.1, 0.15) is 15.9 Å². The first kappa shape index (κ1) is 14.1. The van der Waals surface area contributed by atoms with Gasteiger partial charge < -0.3 is 10.2 Å². The van der Waals surface area contributed by atoms with E-state index in [-0.39, 0.29) is 17.1 Å². The number of aromatic hydroxyl groups is 2. The summed E-state index contributed by atoms with van der Waals surface area (Å²) in [6.45, 7) is 0. The van der Waals surface area contributed by atoms with Crippen LogP contribution in [0.3, 0.4) is 0 Å². The summed E-state index contributed by atoms with van der Waals surface area (Å²) in [6, 6.07) is 11.0. The lowest BCUT2D eigenvalue weighted by Gasteiger charge is -2.03. The first-order chi connectivity index (χ1) is 9.56. The number of carbonyl (C=O) groups is 1. The Morgan fingerprint density at radius 2 is 2.00 bits per heavy atom. The third-order valence-electron chi connectivity index (χ3n) is 2.45. The molecule has 3 N–H and O–H groups in total. The molecule has 5 nitrogen and oxygen atoms in total. The number of hydrogen-bond donors (Lipinski definition) is 3. The van der Waals surface area contributed by atoms with E-state index in [1.807, 2.05) is 0 Å². The first-order valence-corrected chi connectivity index (χ1v) is 6.46. The summed E-state index contributed by atoms with van der Waals surface area (Å²) < 4.78 is 0.678. The molecule has 0 aliphatic heterocycles. The molecule has 0 aliphatic carbocycles. The second-order valence-corrected chi connectivity index (χ2v) is 4.87. The summed E-state index contributed by atoms with van der Waals surface area (Å²) in [4.78, 5) is 11.8. The summed E-state index contributed by atoms with van der Waals surface area (Å²) >= 11 is 3.22. The molecule has 0 unspecified atom stereocenters. The van der Waals surface area contributed by atoms with Crippen LogP contribution in [-0.2, 0) is 0 Å². The third kappa shape index (κ3) is 3.58. The second kappa shape index (κ2) is 6.21. The van der Waals surface area contributed by atoms with Crippen molar-refractivity contribution >= 4 is 28.1 Å². The van der Waals surface area contributed by atoms with Gasteiger partial charge in [0.15, 0.2) is 0 Å². The van der Waals surface area contributed by atoms with Gasteiger partial charge in [-0.25, -0.2) is 5.43 Å². The average Bonchev–Trinajstić information content (AvgIpc) is 2.41. The van der Waals surface area contributed by atoms with E-state index >= 15 is 0 Å². The molecule has 0 fully saturated rings. The monoisotopic (exact) mass is 334 g/mol. The van der Waals surface area contributed by atoms with E-state index in [4.69, 9.17) is 0 Å². The highest BCUT2D eigenvalue weighted by atomic mass is 79.9. The molecule has 0 aromatic heterocycles. The second-order valence-electron chi connectivity index (χ2n) is 3.96. The highest BCUT2D eigenvalue weighted by Gasteiger charge is 2.10. The van der Waals surface area contributed by atoms with Crippen molar-refractivity contribution in [2.45, 2.75) is 0 Å². The molecule has 0 saturated carbocycles. The number of amides is 1. The number of phenols is 2. The molecule has 2 rings (SSSR count). The van der Waals surface area contributed by atoms with Crippen LogP contribution in [0.25, 0.3) is 0 Å². The summed E-state index contributed by atoms with van der Waals surface area (Å²) in [7, 11) is 0. The topological polar surface area (TPSA) is 81.9 Å². The molecule has 0 saturated heterocycles. The van der Waals surface area contributed by atoms with Gasteiger partial charge in [0.05, 0.1) is 11.8 Å². The molecule has 0 aliphatic rings. The fourth-order valence-corrected chi connectivity index (χ4v) is 1.88. The van der Waals surface area contributed by atoms with Crippen LogP contribution in [0, 0.1) is 0 Å². The molecule has 20 heavy (non-hydrogen) atoms. The summed E-state index contributed by atoms with van der Waals surface area (Å²) in [5.41, 5.74) is 3.06. The number of hydrazone groups is 1. The maximum absolute atomic E-state index is 11.8. The molecule has 2 aromatic rings. The molecular formula is C14H11BrN2O3. The fourth-order valence-electron chi connectivity index (χ4n) is 1.52. The molecule has 0 spiro atoms. The van der Waals surface area contributed by atoms with E-state index < -0.39 is 5.91 Å². The van der Waals surface area contributed by atoms with Crippen LogP contribution in [0.15, 0.2) is 52.0 Å². The van der Waals surface area contributed by atoms with E-state index in [0.29, 0.717) is 10.0 Å². The molecule has 0 heterocycles. The van der Waals surface area contributed by atoms with Crippen LogP contribution < -0.4 is 5.43 Å². The van der Waals surface area contributed by atoms with E-state index in [1.54, 1.807) is 18.2 Å². The Labute approximate surface area is 123 Å². The Bertz CT molecular complexity index is 671. The minimum absolute atomic E-state index is 0.116. The Hall–Kier alpha value is -2.34. The number of phenolic OH excluding ortho intramolecular Hbond substituents is 2. The Morgan fingerprint density at radius 1 is 1.20 bits per heavy atom. The number of carbonyl (C=O) groups excluding carboxylic acids is 1. The van der Waals surface area contributed by atoms with Crippen molar-refractivity contribution in [1.82, 2.24) is 5.43 Å². The highest BCUT2D eigenvalue weighted by Crippen LogP contribution is 2.21. The minimum atomic E-state index is -0.528. The normalized spacial score (nSPS) is 10.7. The van der Waals surface area contributed by atoms with Crippen molar-refractivity contribution in [3.05, 3.63) is 58.1 Å². The number of hydrogen-bond acceptors (Lipinski definition) is 4. The Morgan fingerprint density at radius 3 is 2.75 bits per heavy atom. The zero-order valence-electron chi connectivity index (χ0n) is 10.2. The zero-order valence-corrected chi connectivity index (χ0v) is 11.8. The van der Waals surface area contributed by atoms with Gasteiger partial charge in [0.1, 0.15) is 11.5 Å². The minimum Gasteiger partial charge on any atom is -0.508 e. The first-order valence-electron chi connectivity index (χ1n) is 5.67. The van der Waals surface area contributed by atoms with Gasteiger partial charge in [0, 0.05) is 4.47 Å². The lowest BCUT2D eigenvalue weighted by atomic mass is 10.2. The summed E-state index contributed by atoms with van der Waals surface area (Å²) in [5.74, 6) is -0.539. The van der Waals surface area contributed by atoms with Gasteiger partial charge in [0.2, 0.25) is 0 Å². The number of halogens is 1. The van der Waals surface area contributed by atoms with Crippen LogP contribution in [0.2, 0.25) is 0 Å². The molecule has 102 valence electrons. The van der Waals surface area contributed by atoms with E-state index in [9.17, 15) is 15.0 Å². The number of rotatable bonds is 3. The lowest BCUT2D eigenvalue weighted by Crippen LogP contribution is -2.17. The molecule has 0 bridgehead atoms. The predicted molar refractivity (Wildman–Crippen MR) is 79.0 cm³/mol. The SMILES string of the molecule is O=C(N/N=C/c1cccc(O)c1)c1cc(Br)ccc1O. The smallest absolute Gasteiger partial charge is 0.275 e. The van der Waals surface area contributed by atoms with Gasteiger partial charge in [-0.1, -0.05) is 28.1 Å². The molecular weight excluding hydrogens is 324 g/mol. The summed E-state index contributed by atoms with van der Waals surface area (Å²) in [5, 5.41) is 22.6. The molecule has 6 heteroatoms. The van der Waals surface area contributed by atoms with Crippen LogP contribution in [0.4, 0.5) is 0 Å². The standard InChI is InChI=1S/C14H11BrN2O3/c15-10-4-5-13(19)12(7-10)14(20)17-16-8-9-2-1-3-11(18)6-9/h1-8,18-19H,(H,17,20)/b16-8+. The molecule has 2 aromatic carbocycles. The predicted octanol–water partition coefficient (Wildman–Crippen LogP) is 2.62. The fraction of sp³-hybridized carbons (Fsp3) is 0. The molecule has 0 radical (unpaired) electrons. The van der Waals surface area contributed by atoms with Crippen molar-refractivity contribution in [2.75, 3.05) is 0 Å². The highest BCUT2D eigenvalue weighted by molar-refractivity contribution is 9.10. The number of benzene rings is 2. The van der Waals surface area contributed by atoms with Gasteiger partial charge in [0.25, 0.3) is 5.91 Å². The third-order valence-corrected chi connectivity index (χ3v) is 2.95. The van der Waals surface area contributed by atoms with Gasteiger partial charge >= 0.3 is 0 Å². The number of nitrogens with zero attached hydrogens (tertiary/aromatic N) is 1. The molecule has 0 atom stereocenters. The maximum Gasteiger partial charge on any atom is 0.275 e. The van der Waals surface area contributed by atoms with E-state index in [1.165, 1.54) is 30.5 Å². The van der Waals surface area contributed by atoms with E-state index in [0.717, 1.165) is 0 Å². The zero-order chi connectivity index (χ0) is 14.5. The number of nitrogens with one attached hydrogen (secondary N) is 1. The van der Waals surface area contributed by atoms with Crippen molar-refractivity contribution in [2.24, 2.45) is 5.10 Å². The van der Waals surface area contributed by atoms with E-state index in [2.05, 4.69) is 26.5 Å². The Kier molecular flexibility index (Phi) is 4.37. The quantitative estimate of drug-likeness (QED) is 0.596. The van der Waals surface area contributed by atoms with Crippen molar-refractivity contribution in [3.63, 3.8) is 0 Å². The average molecular weight is 335 g/mol. The van der Waals surface area contributed by atoms with Crippen molar-refractivity contribution in [3.8, 4) is 11.5 Å². The van der Waals surface area contributed by atoms with Crippen molar-refractivity contribution in [1.29, 1.82) is 0 Å². The van der Waals surface area contributed by atoms with Crippen molar-refractivity contribution < 1.29 is 15.0 Å². The van der Waals surface area contributed by atoms with Crippen LogP contribution in [0.5, 0.6) is 11.5 Å². The lowest BCUT2D eigenvalue weighted by molar-refractivity contribution is 0.0952. The van der Waals surface area contributed by atoms with Gasteiger partial charge in [-0.15, -0.1) is 0 Å². The molecule has 1 amide bonds. The summed E-state index contributed by atoms with van der Waals surface area (Å²) in [6.07, 6.45) is 1.40. The van der Waals surface area contributed by atoms with Gasteiger partial charge in [-0.05, 0) is 35.9 Å². The maximum atomic E-state index is 11.8.